The molecule has 0 bridgehead atoms. The number of anilines is 1. The SMILES string of the molecule is CCNC(=NCCCCN1CCC(C(N)=O)CC1)N1CCN(c2ncccn2)CC1. The van der Waals surface area contributed by atoms with Crippen LogP contribution in [-0.2, 0) is 4.79 Å². The summed E-state index contributed by atoms with van der Waals surface area (Å²) in [7, 11) is 0. The van der Waals surface area contributed by atoms with Crippen molar-refractivity contribution in [2.45, 2.75) is 32.6 Å². The lowest BCUT2D eigenvalue weighted by Gasteiger charge is -2.36. The maximum atomic E-state index is 11.3. The number of hydrogen-bond acceptors (Lipinski definition) is 6. The van der Waals surface area contributed by atoms with Crippen molar-refractivity contribution in [3.63, 3.8) is 0 Å². The Labute approximate surface area is 179 Å². The third-order valence-corrected chi connectivity index (χ3v) is 5.88. The van der Waals surface area contributed by atoms with Crippen molar-refractivity contribution in [1.82, 2.24) is 25.1 Å². The number of amides is 1. The van der Waals surface area contributed by atoms with Crippen LogP contribution in [0.2, 0.25) is 0 Å². The number of nitrogens with zero attached hydrogens (tertiary/aromatic N) is 6. The second-order valence-corrected chi connectivity index (χ2v) is 7.98. The van der Waals surface area contributed by atoms with Gasteiger partial charge in [0.15, 0.2) is 5.96 Å². The molecule has 0 aliphatic carbocycles. The summed E-state index contributed by atoms with van der Waals surface area (Å²) in [6.45, 7) is 10.5. The molecule has 2 aliphatic rings. The fourth-order valence-electron chi connectivity index (χ4n) is 4.07. The minimum atomic E-state index is -0.142. The smallest absolute Gasteiger partial charge is 0.225 e. The number of piperidine rings is 1. The zero-order valence-electron chi connectivity index (χ0n) is 18.2. The molecule has 166 valence electrons. The average molecular weight is 417 g/mol. The Morgan fingerprint density at radius 3 is 2.47 bits per heavy atom. The molecule has 1 amide bonds. The van der Waals surface area contributed by atoms with Gasteiger partial charge in [0.05, 0.1) is 0 Å². The van der Waals surface area contributed by atoms with Gasteiger partial charge in [-0.25, -0.2) is 9.97 Å². The van der Waals surface area contributed by atoms with Crippen LogP contribution in [0.4, 0.5) is 5.95 Å². The Balaban J connectivity index is 1.37. The highest BCUT2D eigenvalue weighted by Crippen LogP contribution is 2.17. The number of rotatable bonds is 8. The number of unbranched alkanes of at least 4 members (excludes halogenated alkanes) is 1. The van der Waals surface area contributed by atoms with Crippen LogP contribution < -0.4 is 16.0 Å². The molecular formula is C21H36N8O. The van der Waals surface area contributed by atoms with Gasteiger partial charge in [0.1, 0.15) is 0 Å². The molecule has 3 heterocycles. The summed E-state index contributed by atoms with van der Waals surface area (Å²) in [4.78, 5) is 31.8. The van der Waals surface area contributed by atoms with Crippen LogP contribution in [0.15, 0.2) is 23.5 Å². The van der Waals surface area contributed by atoms with E-state index in [-0.39, 0.29) is 11.8 Å². The summed E-state index contributed by atoms with van der Waals surface area (Å²) in [6.07, 6.45) is 7.59. The van der Waals surface area contributed by atoms with E-state index in [4.69, 9.17) is 10.7 Å². The first-order valence-electron chi connectivity index (χ1n) is 11.2. The molecule has 3 N–H and O–H groups in total. The quantitative estimate of drug-likeness (QED) is 0.362. The van der Waals surface area contributed by atoms with Gasteiger partial charge in [0.2, 0.25) is 11.9 Å². The maximum absolute atomic E-state index is 11.3. The zero-order valence-corrected chi connectivity index (χ0v) is 18.2. The number of nitrogens with one attached hydrogen (secondary N) is 1. The number of guanidine groups is 1. The van der Waals surface area contributed by atoms with Crippen LogP contribution in [0.3, 0.4) is 0 Å². The molecule has 2 aliphatic heterocycles. The summed E-state index contributed by atoms with van der Waals surface area (Å²) < 4.78 is 0. The molecule has 1 aromatic rings. The number of piperazine rings is 1. The van der Waals surface area contributed by atoms with Crippen LogP contribution in [0.1, 0.15) is 32.6 Å². The van der Waals surface area contributed by atoms with Crippen molar-refractivity contribution in [1.29, 1.82) is 0 Å². The first-order chi connectivity index (χ1) is 14.7. The zero-order chi connectivity index (χ0) is 21.2. The molecule has 9 nitrogen and oxygen atoms in total. The molecule has 1 aromatic heterocycles. The lowest BCUT2D eigenvalue weighted by atomic mass is 9.96. The largest absolute Gasteiger partial charge is 0.369 e. The van der Waals surface area contributed by atoms with Gasteiger partial charge in [-0.15, -0.1) is 0 Å². The van der Waals surface area contributed by atoms with E-state index in [1.165, 1.54) is 0 Å². The second-order valence-electron chi connectivity index (χ2n) is 7.98. The van der Waals surface area contributed by atoms with E-state index in [1.807, 2.05) is 6.07 Å². The molecule has 0 radical (unpaired) electrons. The van der Waals surface area contributed by atoms with Gasteiger partial charge in [0, 0.05) is 57.6 Å². The Hall–Kier alpha value is -2.42. The first-order valence-corrected chi connectivity index (χ1v) is 11.2. The molecule has 2 saturated heterocycles. The summed E-state index contributed by atoms with van der Waals surface area (Å²) in [5.74, 6) is 1.74. The van der Waals surface area contributed by atoms with E-state index in [0.717, 1.165) is 96.5 Å². The minimum absolute atomic E-state index is 0.0717. The fourth-order valence-corrected chi connectivity index (χ4v) is 4.07. The van der Waals surface area contributed by atoms with E-state index < -0.39 is 0 Å². The van der Waals surface area contributed by atoms with E-state index in [1.54, 1.807) is 12.4 Å². The minimum Gasteiger partial charge on any atom is -0.369 e. The van der Waals surface area contributed by atoms with Gasteiger partial charge in [-0.1, -0.05) is 0 Å². The second kappa shape index (κ2) is 11.7. The van der Waals surface area contributed by atoms with Crippen molar-refractivity contribution >= 4 is 17.8 Å². The number of nitrogens with two attached hydrogens (primary N) is 1. The molecule has 30 heavy (non-hydrogen) atoms. The topological polar surface area (TPSA) is 103 Å². The predicted octanol–water partition coefficient (Wildman–Crippen LogP) is 0.542. The van der Waals surface area contributed by atoms with Crippen LogP contribution in [0.25, 0.3) is 0 Å². The highest BCUT2D eigenvalue weighted by molar-refractivity contribution is 5.80. The molecule has 0 spiro atoms. The van der Waals surface area contributed by atoms with Crippen LogP contribution >= 0.6 is 0 Å². The highest BCUT2D eigenvalue weighted by Gasteiger charge is 2.23. The Morgan fingerprint density at radius 1 is 1.13 bits per heavy atom. The molecule has 0 aromatic carbocycles. The van der Waals surface area contributed by atoms with Crippen molar-refractivity contribution in [2.75, 3.05) is 63.8 Å². The highest BCUT2D eigenvalue weighted by atomic mass is 16.1. The van der Waals surface area contributed by atoms with Crippen molar-refractivity contribution in [2.24, 2.45) is 16.6 Å². The van der Waals surface area contributed by atoms with Gasteiger partial charge in [-0.2, -0.15) is 0 Å². The van der Waals surface area contributed by atoms with Crippen LogP contribution in [0.5, 0.6) is 0 Å². The summed E-state index contributed by atoms with van der Waals surface area (Å²) >= 11 is 0. The molecular weight excluding hydrogens is 380 g/mol. The van der Waals surface area contributed by atoms with Crippen molar-refractivity contribution < 1.29 is 4.79 Å². The Kier molecular flexibility index (Phi) is 8.67. The predicted molar refractivity (Wildman–Crippen MR) is 119 cm³/mol. The van der Waals surface area contributed by atoms with Crippen LogP contribution in [0, 0.1) is 5.92 Å². The number of hydrogen-bond donors (Lipinski definition) is 2. The van der Waals surface area contributed by atoms with Crippen LogP contribution in [-0.4, -0.2) is 90.5 Å². The number of primary amides is 1. The Morgan fingerprint density at radius 2 is 1.83 bits per heavy atom. The molecule has 0 unspecified atom stereocenters. The third-order valence-electron chi connectivity index (χ3n) is 5.88. The number of carbonyl (C=O) groups is 1. The average Bonchev–Trinajstić information content (AvgIpc) is 2.79. The molecule has 9 heteroatoms. The molecule has 0 saturated carbocycles. The Bertz CT molecular complexity index is 667. The maximum Gasteiger partial charge on any atom is 0.225 e. The normalized spacial score (nSPS) is 19.2. The number of aromatic nitrogens is 2. The van der Waals surface area contributed by atoms with E-state index in [2.05, 4.69) is 36.9 Å². The molecule has 2 fully saturated rings. The van der Waals surface area contributed by atoms with E-state index in [9.17, 15) is 4.79 Å². The summed E-state index contributed by atoms with van der Waals surface area (Å²) in [5.41, 5.74) is 5.41. The summed E-state index contributed by atoms with van der Waals surface area (Å²) in [6, 6.07) is 1.85. The van der Waals surface area contributed by atoms with E-state index in [0.29, 0.717) is 0 Å². The lowest BCUT2D eigenvalue weighted by molar-refractivity contribution is -0.123. The third kappa shape index (κ3) is 6.55. The molecule has 0 atom stereocenters. The van der Waals surface area contributed by atoms with Gasteiger partial charge in [-0.05, 0) is 58.3 Å². The number of aliphatic imine (C=N–C) groups is 1. The van der Waals surface area contributed by atoms with Gasteiger partial charge < -0.3 is 25.8 Å². The van der Waals surface area contributed by atoms with Gasteiger partial charge in [-0.3, -0.25) is 9.79 Å². The van der Waals surface area contributed by atoms with Crippen molar-refractivity contribution in [3.05, 3.63) is 18.5 Å². The van der Waals surface area contributed by atoms with Gasteiger partial charge in [0.25, 0.3) is 0 Å². The molecule has 3 rings (SSSR count). The number of likely N-dealkylation sites (tertiary alicyclic amines) is 1. The monoisotopic (exact) mass is 416 g/mol. The first kappa shape index (κ1) is 22.3. The lowest BCUT2D eigenvalue weighted by Crippen LogP contribution is -2.53. The standard InChI is InChI=1S/C21H36N8O/c1-2-23-20(28-14-16-29(17-15-28)21-25-9-5-10-26-21)24-8-3-4-11-27-12-6-18(7-13-27)19(22)30/h5,9-10,18H,2-4,6-8,11-17H2,1H3,(H2,22,30)(H,23,24). The number of carbonyl (C=O) groups excluding carboxylic acids is 1. The van der Waals surface area contributed by atoms with Gasteiger partial charge >= 0.3 is 0 Å². The fraction of sp³-hybridized carbons (Fsp3) is 0.714. The summed E-state index contributed by atoms with van der Waals surface area (Å²) in [5, 5.41) is 3.43. The van der Waals surface area contributed by atoms with E-state index >= 15 is 0 Å². The van der Waals surface area contributed by atoms with Crippen molar-refractivity contribution in [3.8, 4) is 0 Å².